The van der Waals surface area contributed by atoms with Crippen molar-refractivity contribution in [3.63, 3.8) is 0 Å². The fourth-order valence-corrected chi connectivity index (χ4v) is 2.69. The van der Waals surface area contributed by atoms with E-state index in [4.69, 9.17) is 16.3 Å². The third-order valence-corrected chi connectivity index (χ3v) is 4.15. The van der Waals surface area contributed by atoms with E-state index >= 15 is 0 Å². The Morgan fingerprint density at radius 2 is 2.32 bits per heavy atom. The van der Waals surface area contributed by atoms with Gasteiger partial charge < -0.3 is 10.1 Å². The average Bonchev–Trinajstić information content (AvgIpc) is 2.98. The van der Waals surface area contributed by atoms with E-state index in [1.807, 2.05) is 20.9 Å². The van der Waals surface area contributed by atoms with E-state index in [0.717, 1.165) is 11.4 Å². The molecule has 0 spiro atoms. The largest absolute Gasteiger partial charge is 0.379 e. The maximum Gasteiger partial charge on any atom is 0.145 e. The molecule has 0 saturated carbocycles. The van der Waals surface area contributed by atoms with Gasteiger partial charge in [0.1, 0.15) is 5.78 Å². The van der Waals surface area contributed by atoms with Gasteiger partial charge in [0, 0.05) is 12.6 Å². The molecule has 0 bridgehead atoms. The molecule has 1 aliphatic rings. The highest BCUT2D eigenvalue weighted by atomic mass is 35.5. The van der Waals surface area contributed by atoms with Crippen LogP contribution in [-0.4, -0.2) is 41.9 Å². The van der Waals surface area contributed by atoms with E-state index in [2.05, 4.69) is 10.4 Å². The van der Waals surface area contributed by atoms with Crippen molar-refractivity contribution in [1.29, 1.82) is 0 Å². The van der Waals surface area contributed by atoms with Gasteiger partial charge in [0.25, 0.3) is 0 Å². The highest BCUT2D eigenvalue weighted by Crippen LogP contribution is 2.23. The Kier molecular flexibility index (Phi) is 4.60. The normalized spacial score (nSPS) is 22.9. The smallest absolute Gasteiger partial charge is 0.145 e. The molecule has 0 aliphatic carbocycles. The molecular weight excluding hydrogens is 266 g/mol. The fraction of sp³-hybridized carbons (Fsp3) is 0.692. The van der Waals surface area contributed by atoms with Crippen LogP contribution >= 0.6 is 11.6 Å². The van der Waals surface area contributed by atoms with Gasteiger partial charge in [-0.2, -0.15) is 5.10 Å². The maximum atomic E-state index is 12.4. The molecule has 2 unspecified atom stereocenters. The van der Waals surface area contributed by atoms with Crippen molar-refractivity contribution in [2.75, 3.05) is 20.3 Å². The van der Waals surface area contributed by atoms with Gasteiger partial charge in [-0.1, -0.05) is 11.6 Å². The standard InChI is InChI=1S/C13H20ClN3O2/c1-4-17-11(13(14)8(2)16-17)5-12(18)9-6-19-7-10(9)15-3/h9-10,15H,4-7H2,1-3H3. The summed E-state index contributed by atoms with van der Waals surface area (Å²) in [7, 11) is 1.85. The Hall–Kier alpha value is -0.910. The van der Waals surface area contributed by atoms with Crippen LogP contribution in [0.15, 0.2) is 0 Å². The molecule has 1 N–H and O–H groups in total. The lowest BCUT2D eigenvalue weighted by molar-refractivity contribution is -0.122. The van der Waals surface area contributed by atoms with Crippen LogP contribution in [0.1, 0.15) is 18.3 Å². The number of carbonyl (C=O) groups is 1. The van der Waals surface area contributed by atoms with Crippen molar-refractivity contribution in [1.82, 2.24) is 15.1 Å². The number of halogens is 1. The molecular formula is C13H20ClN3O2. The number of likely N-dealkylation sites (N-methyl/N-ethyl adjacent to an activating group) is 1. The van der Waals surface area contributed by atoms with Gasteiger partial charge in [0.2, 0.25) is 0 Å². The number of nitrogens with zero attached hydrogens (tertiary/aromatic N) is 2. The molecule has 1 aromatic rings. The first-order valence-corrected chi connectivity index (χ1v) is 6.95. The third-order valence-electron chi connectivity index (χ3n) is 3.66. The Bertz CT molecular complexity index is 473. The van der Waals surface area contributed by atoms with Crippen LogP contribution in [0, 0.1) is 12.8 Å². The monoisotopic (exact) mass is 285 g/mol. The predicted molar refractivity (Wildman–Crippen MR) is 73.5 cm³/mol. The molecule has 19 heavy (non-hydrogen) atoms. The SMILES string of the molecule is CCn1nc(C)c(Cl)c1CC(=O)C1COCC1NC. The van der Waals surface area contributed by atoms with Gasteiger partial charge in [-0.3, -0.25) is 9.48 Å². The van der Waals surface area contributed by atoms with Gasteiger partial charge in [0.05, 0.1) is 42.0 Å². The molecule has 2 atom stereocenters. The molecule has 0 amide bonds. The molecule has 1 aliphatic heterocycles. The molecule has 1 fully saturated rings. The van der Waals surface area contributed by atoms with Crippen molar-refractivity contribution in [3.8, 4) is 0 Å². The number of carbonyl (C=O) groups excluding carboxylic acids is 1. The topological polar surface area (TPSA) is 56.2 Å². The minimum absolute atomic E-state index is 0.0958. The molecule has 6 heteroatoms. The van der Waals surface area contributed by atoms with Gasteiger partial charge >= 0.3 is 0 Å². The number of nitrogens with one attached hydrogen (secondary N) is 1. The van der Waals surface area contributed by atoms with Gasteiger partial charge in [-0.25, -0.2) is 0 Å². The highest BCUT2D eigenvalue weighted by Gasteiger charge is 2.33. The Morgan fingerprint density at radius 1 is 1.58 bits per heavy atom. The van der Waals surface area contributed by atoms with Crippen LogP contribution in [-0.2, 0) is 22.5 Å². The number of ether oxygens (including phenoxy) is 1. The van der Waals surface area contributed by atoms with Gasteiger partial charge in [-0.15, -0.1) is 0 Å². The van der Waals surface area contributed by atoms with Crippen LogP contribution in [0.2, 0.25) is 5.02 Å². The lowest BCUT2D eigenvalue weighted by Gasteiger charge is -2.15. The molecule has 2 rings (SSSR count). The zero-order valence-corrected chi connectivity index (χ0v) is 12.3. The molecule has 106 valence electrons. The first kappa shape index (κ1) is 14.5. The summed E-state index contributed by atoms with van der Waals surface area (Å²) in [5.74, 6) is 0.0647. The summed E-state index contributed by atoms with van der Waals surface area (Å²) in [5.41, 5.74) is 1.59. The summed E-state index contributed by atoms with van der Waals surface area (Å²) in [6.45, 7) is 5.64. The number of aromatic nitrogens is 2. The Morgan fingerprint density at radius 3 is 2.95 bits per heavy atom. The van der Waals surface area contributed by atoms with Gasteiger partial charge in [0.15, 0.2) is 0 Å². The lowest BCUT2D eigenvalue weighted by Crippen LogP contribution is -2.37. The number of hydrogen-bond acceptors (Lipinski definition) is 4. The Labute approximate surface area is 118 Å². The Balaban J connectivity index is 2.15. The molecule has 1 saturated heterocycles. The van der Waals surface area contributed by atoms with Crippen molar-refractivity contribution in [2.24, 2.45) is 5.92 Å². The van der Waals surface area contributed by atoms with Crippen LogP contribution in [0.4, 0.5) is 0 Å². The highest BCUT2D eigenvalue weighted by molar-refractivity contribution is 6.32. The van der Waals surface area contributed by atoms with Crippen molar-refractivity contribution in [2.45, 2.75) is 32.9 Å². The fourth-order valence-electron chi connectivity index (χ4n) is 2.49. The second kappa shape index (κ2) is 6.03. The van der Waals surface area contributed by atoms with E-state index < -0.39 is 0 Å². The summed E-state index contributed by atoms with van der Waals surface area (Å²) in [6.07, 6.45) is 0.319. The average molecular weight is 286 g/mol. The van der Waals surface area contributed by atoms with Gasteiger partial charge in [-0.05, 0) is 20.9 Å². The minimum Gasteiger partial charge on any atom is -0.379 e. The molecule has 0 aromatic carbocycles. The first-order valence-electron chi connectivity index (χ1n) is 6.58. The zero-order chi connectivity index (χ0) is 14.0. The van der Waals surface area contributed by atoms with Crippen LogP contribution in [0.25, 0.3) is 0 Å². The summed E-state index contributed by atoms with van der Waals surface area (Å²) in [6, 6.07) is 0.102. The molecule has 5 nitrogen and oxygen atoms in total. The number of Topliss-reactive ketones (excluding diaryl/α,β-unsaturated/α-hetero) is 1. The van der Waals surface area contributed by atoms with E-state index in [1.165, 1.54) is 0 Å². The molecule has 0 radical (unpaired) electrons. The zero-order valence-electron chi connectivity index (χ0n) is 11.6. The number of aryl methyl sites for hydroxylation is 2. The van der Waals surface area contributed by atoms with E-state index in [0.29, 0.717) is 31.2 Å². The van der Waals surface area contributed by atoms with Crippen molar-refractivity contribution in [3.05, 3.63) is 16.4 Å². The minimum atomic E-state index is -0.0958. The third kappa shape index (κ3) is 2.83. The second-order valence-corrected chi connectivity index (χ2v) is 5.22. The van der Waals surface area contributed by atoms with Crippen molar-refractivity contribution >= 4 is 17.4 Å². The summed E-state index contributed by atoms with van der Waals surface area (Å²) < 4.78 is 7.18. The van der Waals surface area contributed by atoms with Crippen molar-refractivity contribution < 1.29 is 9.53 Å². The van der Waals surface area contributed by atoms with E-state index in [1.54, 1.807) is 4.68 Å². The van der Waals surface area contributed by atoms with Crippen LogP contribution in [0.3, 0.4) is 0 Å². The number of ketones is 1. The van der Waals surface area contributed by atoms with Crippen LogP contribution in [0.5, 0.6) is 0 Å². The van der Waals surface area contributed by atoms with Crippen LogP contribution < -0.4 is 5.32 Å². The first-order chi connectivity index (χ1) is 9.08. The second-order valence-electron chi connectivity index (χ2n) is 4.84. The summed E-state index contributed by atoms with van der Waals surface area (Å²) in [4.78, 5) is 12.4. The number of hydrogen-bond donors (Lipinski definition) is 1. The molecule has 1 aromatic heterocycles. The number of rotatable bonds is 5. The predicted octanol–water partition coefficient (Wildman–Crippen LogP) is 1.21. The maximum absolute atomic E-state index is 12.4. The summed E-state index contributed by atoms with van der Waals surface area (Å²) >= 11 is 6.23. The van der Waals surface area contributed by atoms with E-state index in [9.17, 15) is 4.79 Å². The lowest BCUT2D eigenvalue weighted by atomic mass is 9.95. The quantitative estimate of drug-likeness (QED) is 0.884. The molecule has 2 heterocycles. The van der Waals surface area contributed by atoms with E-state index in [-0.39, 0.29) is 17.7 Å². The summed E-state index contributed by atoms with van der Waals surface area (Å²) in [5, 5.41) is 8.07.